The highest BCUT2D eigenvalue weighted by atomic mass is 16.3. The van der Waals surface area contributed by atoms with E-state index in [-0.39, 0.29) is 11.5 Å². The predicted octanol–water partition coefficient (Wildman–Crippen LogP) is 4.73. The molecule has 1 aromatic rings. The fraction of sp³-hybridized carbons (Fsp3) is 0.625. The van der Waals surface area contributed by atoms with Gasteiger partial charge in [-0.3, -0.25) is 0 Å². The lowest BCUT2D eigenvalue weighted by Crippen LogP contribution is -2.05. The Hall–Kier alpha value is -1.18. The third-order valence-electron chi connectivity index (χ3n) is 3.51. The summed E-state index contributed by atoms with van der Waals surface area (Å²) in [6.45, 7) is 10.6. The van der Waals surface area contributed by atoms with Gasteiger partial charge in [0.05, 0.1) is 0 Å². The summed E-state index contributed by atoms with van der Waals surface area (Å²) in [5.41, 5.74) is 1.95. The zero-order valence-electron chi connectivity index (χ0n) is 12.2. The Balaban J connectivity index is 2.65. The van der Waals surface area contributed by atoms with Crippen molar-refractivity contribution in [3.8, 4) is 11.5 Å². The van der Waals surface area contributed by atoms with Crippen molar-refractivity contribution in [3.05, 3.63) is 23.3 Å². The molecule has 0 saturated carbocycles. The van der Waals surface area contributed by atoms with Gasteiger partial charge in [-0.05, 0) is 48.8 Å². The molecule has 2 heteroatoms. The highest BCUT2D eigenvalue weighted by Crippen LogP contribution is 2.33. The summed E-state index contributed by atoms with van der Waals surface area (Å²) >= 11 is 0. The van der Waals surface area contributed by atoms with Crippen LogP contribution in [0.3, 0.4) is 0 Å². The fourth-order valence-electron chi connectivity index (χ4n) is 2.09. The summed E-state index contributed by atoms with van der Waals surface area (Å²) in [5.74, 6) is 0.741. The van der Waals surface area contributed by atoms with Gasteiger partial charge in [-0.1, -0.05) is 34.1 Å². The minimum atomic E-state index is 0.188. The molecule has 0 aliphatic rings. The normalized spacial score (nSPS) is 13.6. The smallest absolute Gasteiger partial charge is 0.122 e. The quantitative estimate of drug-likeness (QED) is 0.811. The van der Waals surface area contributed by atoms with E-state index in [1.807, 2.05) is 0 Å². The lowest BCUT2D eigenvalue weighted by Gasteiger charge is -2.20. The Bertz CT molecular complexity index is 379. The Kier molecular flexibility index (Phi) is 4.66. The maximum absolute atomic E-state index is 9.72. The molecule has 2 N–H and O–H groups in total. The molecule has 0 radical (unpaired) electrons. The summed E-state index contributed by atoms with van der Waals surface area (Å²) in [7, 11) is 0. The van der Waals surface area contributed by atoms with Crippen LogP contribution in [0.2, 0.25) is 0 Å². The first-order valence-electron chi connectivity index (χ1n) is 6.73. The van der Waals surface area contributed by atoms with Crippen LogP contribution in [0.15, 0.2) is 12.1 Å². The number of aromatic hydroxyl groups is 2. The van der Waals surface area contributed by atoms with E-state index in [0.717, 1.165) is 12.0 Å². The molecule has 1 atom stereocenters. The maximum atomic E-state index is 9.72. The van der Waals surface area contributed by atoms with E-state index in [1.165, 1.54) is 12.8 Å². The van der Waals surface area contributed by atoms with Crippen molar-refractivity contribution in [2.24, 2.45) is 5.41 Å². The van der Waals surface area contributed by atoms with Gasteiger partial charge < -0.3 is 10.2 Å². The van der Waals surface area contributed by atoms with Crippen molar-refractivity contribution >= 4 is 0 Å². The average Bonchev–Trinajstić information content (AvgIpc) is 2.23. The minimum absolute atomic E-state index is 0.188. The average molecular weight is 250 g/mol. The number of hydrogen-bond donors (Lipinski definition) is 2. The van der Waals surface area contributed by atoms with Crippen LogP contribution in [-0.4, -0.2) is 10.2 Å². The Labute approximate surface area is 111 Å². The predicted molar refractivity (Wildman–Crippen MR) is 76.2 cm³/mol. The van der Waals surface area contributed by atoms with Crippen LogP contribution in [0.4, 0.5) is 0 Å². The van der Waals surface area contributed by atoms with E-state index in [9.17, 15) is 10.2 Å². The first-order valence-corrected chi connectivity index (χ1v) is 6.73. The first-order chi connectivity index (χ1) is 8.20. The molecule has 0 aliphatic carbocycles. The molecule has 0 aliphatic heterocycles. The lowest BCUT2D eigenvalue weighted by atomic mass is 9.86. The van der Waals surface area contributed by atoms with Crippen LogP contribution in [0.25, 0.3) is 0 Å². The van der Waals surface area contributed by atoms with Gasteiger partial charge in [0.1, 0.15) is 11.5 Å². The van der Waals surface area contributed by atoms with Gasteiger partial charge in [0, 0.05) is 5.56 Å². The number of benzene rings is 1. The number of rotatable bonds is 4. The van der Waals surface area contributed by atoms with E-state index in [4.69, 9.17) is 0 Å². The van der Waals surface area contributed by atoms with E-state index in [1.54, 1.807) is 19.1 Å². The molecule has 0 saturated heterocycles. The third kappa shape index (κ3) is 4.25. The Morgan fingerprint density at radius 3 is 2.06 bits per heavy atom. The second-order valence-corrected chi connectivity index (χ2v) is 6.54. The minimum Gasteiger partial charge on any atom is -0.508 e. The Morgan fingerprint density at radius 1 is 1.11 bits per heavy atom. The number of hydrogen-bond acceptors (Lipinski definition) is 2. The van der Waals surface area contributed by atoms with Crippen LogP contribution in [-0.2, 0) is 0 Å². The SMILES string of the molecule is Cc1c(O)cc(C(C)CCCC(C)(C)C)cc1O. The topological polar surface area (TPSA) is 40.5 Å². The third-order valence-corrected chi connectivity index (χ3v) is 3.51. The molecule has 0 aromatic heterocycles. The van der Waals surface area contributed by atoms with Gasteiger partial charge >= 0.3 is 0 Å². The molecule has 2 nitrogen and oxygen atoms in total. The second kappa shape index (κ2) is 5.64. The molecule has 1 unspecified atom stereocenters. The summed E-state index contributed by atoms with van der Waals surface area (Å²) in [5, 5.41) is 19.4. The van der Waals surface area contributed by atoms with Crippen molar-refractivity contribution < 1.29 is 10.2 Å². The van der Waals surface area contributed by atoms with Gasteiger partial charge in [-0.25, -0.2) is 0 Å². The van der Waals surface area contributed by atoms with Gasteiger partial charge in [-0.2, -0.15) is 0 Å². The molecule has 18 heavy (non-hydrogen) atoms. The van der Waals surface area contributed by atoms with Gasteiger partial charge in [0.2, 0.25) is 0 Å². The molecule has 0 bridgehead atoms. The summed E-state index contributed by atoms with van der Waals surface area (Å²) in [4.78, 5) is 0. The van der Waals surface area contributed by atoms with Crippen LogP contribution in [0, 0.1) is 12.3 Å². The first kappa shape index (κ1) is 14.9. The highest BCUT2D eigenvalue weighted by molar-refractivity contribution is 5.46. The zero-order chi connectivity index (χ0) is 13.9. The molecule has 0 spiro atoms. The summed E-state index contributed by atoms with van der Waals surface area (Å²) in [6, 6.07) is 3.55. The van der Waals surface area contributed by atoms with E-state index in [0.29, 0.717) is 16.9 Å². The number of phenolic OH excluding ortho intramolecular Hbond substituents is 2. The monoisotopic (exact) mass is 250 g/mol. The van der Waals surface area contributed by atoms with Gasteiger partial charge in [-0.15, -0.1) is 0 Å². The Morgan fingerprint density at radius 2 is 1.61 bits per heavy atom. The molecule has 0 fully saturated rings. The van der Waals surface area contributed by atoms with Crippen LogP contribution in [0.5, 0.6) is 11.5 Å². The molecular formula is C16H26O2. The van der Waals surface area contributed by atoms with E-state index in [2.05, 4.69) is 27.7 Å². The standard InChI is InChI=1S/C16H26O2/c1-11(7-6-8-16(3,4)5)13-9-14(17)12(2)15(18)10-13/h9-11,17-18H,6-8H2,1-5H3. The van der Waals surface area contributed by atoms with Crippen LogP contribution >= 0.6 is 0 Å². The van der Waals surface area contributed by atoms with Crippen LogP contribution in [0.1, 0.15) is 64.0 Å². The van der Waals surface area contributed by atoms with Crippen LogP contribution < -0.4 is 0 Å². The van der Waals surface area contributed by atoms with Crippen molar-refractivity contribution in [1.29, 1.82) is 0 Å². The number of phenols is 2. The molecule has 0 heterocycles. The maximum Gasteiger partial charge on any atom is 0.122 e. The molecule has 0 amide bonds. The fourth-order valence-corrected chi connectivity index (χ4v) is 2.09. The molecule has 1 rings (SSSR count). The van der Waals surface area contributed by atoms with Crippen molar-refractivity contribution in [3.63, 3.8) is 0 Å². The second-order valence-electron chi connectivity index (χ2n) is 6.54. The molecule has 1 aromatic carbocycles. The van der Waals surface area contributed by atoms with E-state index < -0.39 is 0 Å². The van der Waals surface area contributed by atoms with Crippen molar-refractivity contribution in [2.45, 2.75) is 59.8 Å². The van der Waals surface area contributed by atoms with Crippen molar-refractivity contribution in [1.82, 2.24) is 0 Å². The van der Waals surface area contributed by atoms with Gasteiger partial charge in [0.15, 0.2) is 0 Å². The molecule has 102 valence electrons. The van der Waals surface area contributed by atoms with Gasteiger partial charge in [0.25, 0.3) is 0 Å². The lowest BCUT2D eigenvalue weighted by molar-refractivity contribution is 0.354. The summed E-state index contributed by atoms with van der Waals surface area (Å²) < 4.78 is 0. The highest BCUT2D eigenvalue weighted by Gasteiger charge is 2.14. The molecular weight excluding hydrogens is 224 g/mol. The zero-order valence-corrected chi connectivity index (χ0v) is 12.2. The summed E-state index contributed by atoms with van der Waals surface area (Å²) in [6.07, 6.45) is 3.44. The van der Waals surface area contributed by atoms with Crippen molar-refractivity contribution in [2.75, 3.05) is 0 Å². The van der Waals surface area contributed by atoms with E-state index >= 15 is 0 Å². The largest absolute Gasteiger partial charge is 0.508 e.